The summed E-state index contributed by atoms with van der Waals surface area (Å²) < 4.78 is 8.83. The minimum absolute atomic E-state index is 0. The molecule has 57 heavy (non-hydrogen) atoms. The quantitative estimate of drug-likeness (QED) is 0.156. The van der Waals surface area contributed by atoms with Gasteiger partial charge in [-0.2, -0.15) is 0 Å². The van der Waals surface area contributed by atoms with Crippen molar-refractivity contribution in [2.24, 2.45) is 0 Å². The van der Waals surface area contributed by atoms with E-state index in [1.165, 1.54) is 27.9 Å². The number of para-hydroxylation sites is 2. The van der Waals surface area contributed by atoms with E-state index < -0.39 is 0 Å². The number of furan rings is 1. The summed E-state index contributed by atoms with van der Waals surface area (Å²) in [5.41, 5.74) is 13.5. The summed E-state index contributed by atoms with van der Waals surface area (Å²) >= 11 is 0. The molecule has 5 nitrogen and oxygen atoms in total. The van der Waals surface area contributed by atoms with Crippen LogP contribution < -0.4 is 0 Å². The fourth-order valence-corrected chi connectivity index (χ4v) is 7.53. The monoisotopic (exact) mass is 923 g/mol. The molecule has 0 fully saturated rings. The third kappa shape index (κ3) is 7.73. The molecular weight excluding hydrogens is 877 g/mol. The van der Waals surface area contributed by atoms with Crippen molar-refractivity contribution in [3.8, 4) is 39.5 Å². The smallest absolute Gasteiger partial charge is 0.120 e. The summed E-state index contributed by atoms with van der Waals surface area (Å²) in [5, 5.41) is 2.17. The predicted octanol–water partition coefficient (Wildman–Crippen LogP) is 13.5. The number of aromatic nitrogens is 4. The molecule has 0 aliphatic heterocycles. The number of nitrogens with zero attached hydrogens (tertiary/aromatic N) is 4. The third-order valence-electron chi connectivity index (χ3n) is 10.3. The van der Waals surface area contributed by atoms with Crippen molar-refractivity contribution < 1.29 is 24.5 Å². The van der Waals surface area contributed by atoms with E-state index in [1.807, 2.05) is 85.2 Å². The minimum Gasteiger partial charge on any atom is -0.501 e. The molecule has 9 aromatic rings. The standard InChI is InChI=1S/C34H34N3O.C17H12N.Ir/c1-20(2)22-13-10-14-23(21(3)4)29(22)37-30-27(18-19-35-32(30)34(5,6)7)36-33(37)26-16-11-15-25-24-12-8-9-17-28(24)38-31(25)26;1-3-7-14(8-4-1)16-11-12-18-17(13-16)15-9-5-2-6-10-15;/h8-15,17-21H,1-7H3;1-9,11-13H;/q2*-1;. The van der Waals surface area contributed by atoms with Gasteiger partial charge in [-0.15, -0.1) is 54.1 Å². The molecule has 4 heterocycles. The van der Waals surface area contributed by atoms with Crippen LogP contribution in [0.15, 0.2) is 144 Å². The molecule has 0 aliphatic rings. The van der Waals surface area contributed by atoms with Gasteiger partial charge in [-0.3, -0.25) is 9.97 Å². The van der Waals surface area contributed by atoms with Gasteiger partial charge in [0.1, 0.15) is 5.58 Å². The Hall–Kier alpha value is -5.68. The van der Waals surface area contributed by atoms with Crippen LogP contribution in [0.5, 0.6) is 0 Å². The fraction of sp³-hybridized carbons (Fsp3) is 0.196. The van der Waals surface area contributed by atoms with Crippen molar-refractivity contribution in [2.75, 3.05) is 0 Å². The van der Waals surface area contributed by atoms with Crippen LogP contribution in [0.25, 0.3) is 72.4 Å². The van der Waals surface area contributed by atoms with Crippen molar-refractivity contribution >= 4 is 33.0 Å². The molecular formula is C51H46IrN4O-2. The zero-order valence-electron chi connectivity index (χ0n) is 33.5. The Morgan fingerprint density at radius 2 is 1.35 bits per heavy atom. The van der Waals surface area contributed by atoms with Crippen LogP contribution in [-0.2, 0) is 25.5 Å². The molecule has 0 saturated heterocycles. The molecule has 0 spiro atoms. The van der Waals surface area contributed by atoms with E-state index in [9.17, 15) is 0 Å². The number of rotatable bonds is 6. The van der Waals surface area contributed by atoms with Crippen molar-refractivity contribution in [3.63, 3.8) is 0 Å². The van der Waals surface area contributed by atoms with Crippen LogP contribution in [0.3, 0.4) is 0 Å². The molecule has 0 amide bonds. The van der Waals surface area contributed by atoms with Gasteiger partial charge >= 0.3 is 0 Å². The Labute approximate surface area is 349 Å². The molecule has 1 radical (unpaired) electrons. The van der Waals surface area contributed by atoms with Crippen molar-refractivity contribution in [2.45, 2.75) is 65.7 Å². The first-order valence-electron chi connectivity index (χ1n) is 19.4. The first kappa shape index (κ1) is 39.6. The number of imidazole rings is 1. The second kappa shape index (κ2) is 16.4. The summed E-state index contributed by atoms with van der Waals surface area (Å²) in [6, 6.07) is 50.1. The number of fused-ring (bicyclic) bond motifs is 4. The van der Waals surface area contributed by atoms with E-state index >= 15 is 0 Å². The molecule has 0 N–H and O–H groups in total. The molecule has 9 rings (SSSR count). The van der Waals surface area contributed by atoms with Gasteiger partial charge in [0.15, 0.2) is 0 Å². The summed E-state index contributed by atoms with van der Waals surface area (Å²) in [4.78, 5) is 14.6. The van der Waals surface area contributed by atoms with Crippen LogP contribution in [0.1, 0.15) is 77.1 Å². The molecule has 4 aromatic heterocycles. The Morgan fingerprint density at radius 3 is 2.05 bits per heavy atom. The second-order valence-electron chi connectivity index (χ2n) is 15.9. The normalized spacial score (nSPS) is 11.6. The fourth-order valence-electron chi connectivity index (χ4n) is 7.53. The first-order valence-corrected chi connectivity index (χ1v) is 19.4. The molecule has 0 aliphatic carbocycles. The topological polar surface area (TPSA) is 56.7 Å². The molecule has 5 aromatic carbocycles. The Morgan fingerprint density at radius 1 is 0.649 bits per heavy atom. The van der Waals surface area contributed by atoms with Gasteiger partial charge in [0, 0.05) is 49.0 Å². The van der Waals surface area contributed by atoms with Crippen LogP contribution in [-0.4, -0.2) is 19.5 Å². The zero-order valence-corrected chi connectivity index (χ0v) is 35.9. The number of pyridine rings is 2. The van der Waals surface area contributed by atoms with E-state index in [-0.39, 0.29) is 25.5 Å². The third-order valence-corrected chi connectivity index (χ3v) is 10.3. The summed E-state index contributed by atoms with van der Waals surface area (Å²) in [7, 11) is 0. The minimum atomic E-state index is -0.172. The van der Waals surface area contributed by atoms with Gasteiger partial charge in [-0.25, -0.2) is 0 Å². The average molecular weight is 923 g/mol. The Balaban J connectivity index is 0.000000219. The molecule has 0 saturated carbocycles. The number of hydrogen-bond acceptors (Lipinski definition) is 4. The average Bonchev–Trinajstić information content (AvgIpc) is 3.80. The first-order chi connectivity index (χ1) is 27.1. The molecule has 0 unspecified atom stereocenters. The molecule has 287 valence electrons. The van der Waals surface area contributed by atoms with E-state index in [0.717, 1.165) is 61.3 Å². The maximum atomic E-state index is 6.48. The van der Waals surface area contributed by atoms with Gasteiger partial charge < -0.3 is 14.0 Å². The maximum Gasteiger partial charge on any atom is 0.120 e. The second-order valence-corrected chi connectivity index (χ2v) is 15.9. The zero-order chi connectivity index (χ0) is 39.0. The van der Waals surface area contributed by atoms with Crippen LogP contribution in [0, 0.1) is 12.1 Å². The maximum absolute atomic E-state index is 6.48. The number of hydrogen-bond donors (Lipinski definition) is 0. The van der Waals surface area contributed by atoms with Crippen LogP contribution in [0.2, 0.25) is 0 Å². The summed E-state index contributed by atoms with van der Waals surface area (Å²) in [6.45, 7) is 15.7. The van der Waals surface area contributed by atoms with Gasteiger partial charge in [0.25, 0.3) is 0 Å². The van der Waals surface area contributed by atoms with Crippen LogP contribution >= 0.6 is 0 Å². The molecule has 0 bridgehead atoms. The van der Waals surface area contributed by atoms with Crippen molar-refractivity contribution in [3.05, 3.63) is 169 Å². The van der Waals surface area contributed by atoms with Gasteiger partial charge in [0.05, 0.1) is 28.1 Å². The van der Waals surface area contributed by atoms with Gasteiger partial charge in [-0.1, -0.05) is 132 Å². The number of benzene rings is 5. The van der Waals surface area contributed by atoms with E-state index in [0.29, 0.717) is 11.8 Å². The molecule has 0 atom stereocenters. The van der Waals surface area contributed by atoms with Gasteiger partial charge in [0.2, 0.25) is 0 Å². The Kier molecular flexibility index (Phi) is 11.4. The van der Waals surface area contributed by atoms with Gasteiger partial charge in [-0.05, 0) is 58.0 Å². The molecule has 6 heteroatoms. The van der Waals surface area contributed by atoms with Crippen molar-refractivity contribution in [1.29, 1.82) is 0 Å². The van der Waals surface area contributed by atoms with E-state index in [1.54, 1.807) is 0 Å². The SMILES string of the molecule is CC(C)c1cccc(C(C)C)c1-n1c(-c2[c-]ccc3c2oc2ccccc23)nc2ccnc(C(C)(C)C)c21.[Ir].[c-]1ccccc1-c1cc(-c2ccccc2)ccn1. The predicted molar refractivity (Wildman–Crippen MR) is 231 cm³/mol. The van der Waals surface area contributed by atoms with E-state index in [4.69, 9.17) is 14.4 Å². The van der Waals surface area contributed by atoms with Crippen LogP contribution in [0.4, 0.5) is 0 Å². The van der Waals surface area contributed by atoms with Crippen molar-refractivity contribution in [1.82, 2.24) is 19.5 Å². The summed E-state index contributed by atoms with van der Waals surface area (Å²) in [6.07, 6.45) is 3.73. The Bertz CT molecular complexity index is 2710. The largest absolute Gasteiger partial charge is 0.501 e. The summed E-state index contributed by atoms with van der Waals surface area (Å²) in [5.74, 6) is 1.49. The van der Waals surface area contributed by atoms with E-state index in [2.05, 4.69) is 125 Å².